The maximum atomic E-state index is 2.28. The molecule has 0 atom stereocenters. The van der Waals surface area contributed by atoms with E-state index in [1.54, 1.807) is 0 Å². The molecular weight excluding hydrogens is 299 g/mol. The molecule has 0 aliphatic carbocycles. The lowest BCUT2D eigenvalue weighted by molar-refractivity contribution is 1.62. The van der Waals surface area contributed by atoms with E-state index in [-0.39, 0.29) is 6.71 Å². The molecule has 5 rings (SSSR count). The highest BCUT2D eigenvalue weighted by Crippen LogP contribution is 2.33. The van der Waals surface area contributed by atoms with E-state index in [0.717, 1.165) is 0 Å². The Morgan fingerprint density at radius 1 is 0.360 bits per heavy atom. The summed E-state index contributed by atoms with van der Waals surface area (Å²) in [7, 11) is 0. The zero-order chi connectivity index (χ0) is 16.6. The quantitative estimate of drug-likeness (QED) is 0.412. The van der Waals surface area contributed by atoms with Gasteiger partial charge in [-0.15, -0.1) is 0 Å². The normalized spacial score (nSPS) is 11.9. The van der Waals surface area contributed by atoms with Crippen LogP contribution < -0.4 is 16.4 Å². The van der Waals surface area contributed by atoms with Gasteiger partial charge in [-0.1, -0.05) is 120 Å². The van der Waals surface area contributed by atoms with Gasteiger partial charge in [-0.3, -0.25) is 0 Å². The van der Waals surface area contributed by atoms with Gasteiger partial charge < -0.3 is 0 Å². The second-order valence-corrected chi connectivity index (χ2v) is 6.56. The maximum absolute atomic E-state index is 2.28. The van der Waals surface area contributed by atoms with Gasteiger partial charge in [-0.25, -0.2) is 0 Å². The average Bonchev–Trinajstić information content (AvgIpc) is 2.82. The molecule has 4 aromatic carbocycles. The minimum absolute atomic E-state index is 0.251. The van der Waals surface area contributed by atoms with Gasteiger partial charge >= 0.3 is 0 Å². The molecule has 1 aliphatic heterocycles. The summed E-state index contributed by atoms with van der Waals surface area (Å²) in [6.07, 6.45) is 0. The van der Waals surface area contributed by atoms with E-state index in [4.69, 9.17) is 0 Å². The van der Waals surface area contributed by atoms with Crippen molar-refractivity contribution in [3.8, 4) is 22.3 Å². The fourth-order valence-electron chi connectivity index (χ4n) is 4.11. The van der Waals surface area contributed by atoms with Crippen LogP contribution in [0.1, 0.15) is 0 Å². The van der Waals surface area contributed by atoms with Crippen LogP contribution in [0.4, 0.5) is 0 Å². The first kappa shape index (κ1) is 14.3. The minimum atomic E-state index is 0.251. The molecule has 116 valence electrons. The number of fused-ring (bicyclic) bond motifs is 5. The second-order valence-electron chi connectivity index (χ2n) is 6.56. The summed E-state index contributed by atoms with van der Waals surface area (Å²) in [6.45, 7) is 0.251. The monoisotopic (exact) mass is 316 g/mol. The predicted octanol–water partition coefficient (Wildman–Crippen LogP) is 3.85. The van der Waals surface area contributed by atoms with Crippen LogP contribution in [0.15, 0.2) is 103 Å². The molecule has 0 unspecified atom stereocenters. The lowest BCUT2D eigenvalue weighted by Gasteiger charge is -2.17. The first-order valence-corrected chi connectivity index (χ1v) is 8.76. The van der Waals surface area contributed by atoms with Gasteiger partial charge in [0, 0.05) is 0 Å². The third-order valence-electron chi connectivity index (χ3n) is 5.18. The summed E-state index contributed by atoms with van der Waals surface area (Å²) in [5, 5.41) is 0. The van der Waals surface area contributed by atoms with Gasteiger partial charge in [0.05, 0.1) is 0 Å². The lowest BCUT2D eigenvalue weighted by Crippen LogP contribution is -2.52. The first-order chi connectivity index (χ1) is 12.4. The fourth-order valence-corrected chi connectivity index (χ4v) is 4.11. The Bertz CT molecular complexity index is 984. The molecule has 0 spiro atoms. The minimum Gasteiger partial charge on any atom is -0.0686 e. The van der Waals surface area contributed by atoms with Gasteiger partial charge in [-0.05, 0) is 22.3 Å². The summed E-state index contributed by atoms with van der Waals surface area (Å²) in [5.41, 5.74) is 9.42. The van der Waals surface area contributed by atoms with Gasteiger partial charge in [0.25, 0.3) is 0 Å². The number of benzene rings is 4. The van der Waals surface area contributed by atoms with Crippen LogP contribution in [-0.4, -0.2) is 6.71 Å². The SMILES string of the molecule is c1ccc(B2c3ccccc3-c3ccccc3-c3ccccc32)cc1. The molecule has 0 nitrogen and oxygen atoms in total. The molecule has 0 aromatic heterocycles. The molecule has 0 radical (unpaired) electrons. The summed E-state index contributed by atoms with van der Waals surface area (Å²) >= 11 is 0. The van der Waals surface area contributed by atoms with E-state index < -0.39 is 0 Å². The number of rotatable bonds is 1. The first-order valence-electron chi connectivity index (χ1n) is 8.76. The number of hydrogen-bond donors (Lipinski definition) is 0. The highest BCUT2D eigenvalue weighted by molar-refractivity contribution is 6.97. The molecular formula is C24H17B. The van der Waals surface area contributed by atoms with Gasteiger partial charge in [0.2, 0.25) is 6.71 Å². The molecule has 0 fully saturated rings. The molecule has 1 heterocycles. The molecule has 0 saturated carbocycles. The van der Waals surface area contributed by atoms with Crippen molar-refractivity contribution in [2.75, 3.05) is 0 Å². The van der Waals surface area contributed by atoms with E-state index >= 15 is 0 Å². The highest BCUT2D eigenvalue weighted by Gasteiger charge is 2.30. The predicted molar refractivity (Wildman–Crippen MR) is 108 cm³/mol. The number of hydrogen-bond acceptors (Lipinski definition) is 0. The van der Waals surface area contributed by atoms with Crippen molar-refractivity contribution in [2.45, 2.75) is 0 Å². The van der Waals surface area contributed by atoms with Crippen molar-refractivity contribution in [1.29, 1.82) is 0 Å². The van der Waals surface area contributed by atoms with Crippen molar-refractivity contribution >= 4 is 23.1 Å². The Kier molecular flexibility index (Phi) is 3.31. The Labute approximate surface area is 148 Å². The Balaban J connectivity index is 1.92. The van der Waals surface area contributed by atoms with Crippen LogP contribution >= 0.6 is 0 Å². The molecule has 0 amide bonds. The van der Waals surface area contributed by atoms with Crippen molar-refractivity contribution in [3.05, 3.63) is 103 Å². The van der Waals surface area contributed by atoms with E-state index in [1.807, 2.05) is 0 Å². The van der Waals surface area contributed by atoms with Crippen molar-refractivity contribution in [3.63, 3.8) is 0 Å². The van der Waals surface area contributed by atoms with Crippen LogP contribution in [0.5, 0.6) is 0 Å². The van der Waals surface area contributed by atoms with E-state index in [0.29, 0.717) is 0 Å². The second kappa shape index (κ2) is 5.79. The largest absolute Gasteiger partial charge is 0.242 e. The van der Waals surface area contributed by atoms with Crippen molar-refractivity contribution in [1.82, 2.24) is 0 Å². The molecule has 0 bridgehead atoms. The van der Waals surface area contributed by atoms with E-state index in [1.165, 1.54) is 38.6 Å². The van der Waals surface area contributed by atoms with Crippen LogP contribution in [0, 0.1) is 0 Å². The smallest absolute Gasteiger partial charge is 0.0686 e. The third kappa shape index (κ3) is 2.24. The molecule has 25 heavy (non-hydrogen) atoms. The molecule has 4 aromatic rings. The van der Waals surface area contributed by atoms with Gasteiger partial charge in [0.1, 0.15) is 0 Å². The fraction of sp³-hybridized carbons (Fsp3) is 0. The van der Waals surface area contributed by atoms with Crippen molar-refractivity contribution < 1.29 is 0 Å². The molecule has 1 heteroatoms. The third-order valence-corrected chi connectivity index (χ3v) is 5.18. The van der Waals surface area contributed by atoms with Gasteiger partial charge in [0.15, 0.2) is 0 Å². The van der Waals surface area contributed by atoms with Crippen LogP contribution in [0.2, 0.25) is 0 Å². The zero-order valence-electron chi connectivity index (χ0n) is 13.9. The molecule has 0 saturated heterocycles. The average molecular weight is 316 g/mol. The summed E-state index contributed by atoms with van der Waals surface area (Å²) in [6, 6.07) is 37.3. The van der Waals surface area contributed by atoms with E-state index in [2.05, 4.69) is 103 Å². The summed E-state index contributed by atoms with van der Waals surface area (Å²) < 4.78 is 0. The Hall–Kier alpha value is -3.06. The highest BCUT2D eigenvalue weighted by atomic mass is 14.2. The summed E-state index contributed by atoms with van der Waals surface area (Å²) in [4.78, 5) is 0. The Morgan fingerprint density at radius 2 is 0.760 bits per heavy atom. The van der Waals surface area contributed by atoms with E-state index in [9.17, 15) is 0 Å². The summed E-state index contributed by atoms with van der Waals surface area (Å²) in [5.74, 6) is 0. The van der Waals surface area contributed by atoms with Crippen LogP contribution in [0.3, 0.4) is 0 Å². The molecule has 1 aliphatic rings. The topological polar surface area (TPSA) is 0 Å². The molecule has 0 N–H and O–H groups in total. The standard InChI is InChI=1S/C24H17B/c1-2-10-18(11-3-1)25-23-16-8-6-14-21(23)19-12-4-5-13-20(19)22-15-7-9-17-24(22)25/h1-17H. The van der Waals surface area contributed by atoms with Crippen molar-refractivity contribution in [2.24, 2.45) is 0 Å². The Morgan fingerprint density at radius 3 is 1.28 bits per heavy atom. The maximum Gasteiger partial charge on any atom is 0.242 e. The zero-order valence-corrected chi connectivity index (χ0v) is 13.9. The van der Waals surface area contributed by atoms with Gasteiger partial charge in [-0.2, -0.15) is 0 Å². The lowest BCUT2D eigenvalue weighted by atomic mass is 9.36. The van der Waals surface area contributed by atoms with Crippen LogP contribution in [0.25, 0.3) is 22.3 Å². The van der Waals surface area contributed by atoms with Crippen LogP contribution in [-0.2, 0) is 0 Å².